The van der Waals surface area contributed by atoms with E-state index in [0.29, 0.717) is 4.83 Å². The molecule has 2 rings (SSSR count). The second-order valence-corrected chi connectivity index (χ2v) is 4.51. The number of hydrogen-bond donors (Lipinski definition) is 0. The molecule has 0 aliphatic carbocycles. The summed E-state index contributed by atoms with van der Waals surface area (Å²) in [5, 5.41) is 0. The van der Waals surface area contributed by atoms with Crippen LogP contribution in [-0.4, -0.2) is 27.9 Å². The van der Waals surface area contributed by atoms with E-state index in [1.54, 1.807) is 12.4 Å². The van der Waals surface area contributed by atoms with E-state index in [2.05, 4.69) is 30.8 Å². The zero-order valence-corrected chi connectivity index (χ0v) is 8.94. The van der Waals surface area contributed by atoms with Crippen molar-refractivity contribution < 1.29 is 0 Å². The van der Waals surface area contributed by atoms with Gasteiger partial charge in [0, 0.05) is 30.3 Å². The first-order valence-corrected chi connectivity index (χ1v) is 5.44. The molecule has 0 amide bonds. The Hall–Kier alpha value is -0.640. The molecule has 0 atom stereocenters. The van der Waals surface area contributed by atoms with E-state index in [-0.39, 0.29) is 0 Å². The normalized spacial score (nSPS) is 19.0. The van der Waals surface area contributed by atoms with Crippen molar-refractivity contribution in [2.24, 2.45) is 0 Å². The zero-order chi connectivity index (χ0) is 9.10. The molecule has 0 radical (unpaired) electrons. The van der Waals surface area contributed by atoms with Gasteiger partial charge in [-0.25, -0.2) is 9.97 Å². The fraction of sp³-hybridized carbons (Fsp3) is 0.556. The average Bonchev–Trinajstić information content (AvgIpc) is 2.20. The lowest BCUT2D eigenvalue weighted by molar-refractivity contribution is 0.586. The number of nitrogens with zero attached hydrogens (tertiary/aromatic N) is 3. The van der Waals surface area contributed by atoms with Crippen LogP contribution >= 0.6 is 15.9 Å². The Bertz CT molecular complexity index is 257. The van der Waals surface area contributed by atoms with Crippen molar-refractivity contribution in [3.8, 4) is 0 Å². The summed E-state index contributed by atoms with van der Waals surface area (Å²) in [6, 6.07) is 1.85. The molecular formula is C9H12BrN3. The molecular weight excluding hydrogens is 230 g/mol. The number of rotatable bonds is 1. The summed E-state index contributed by atoms with van der Waals surface area (Å²) >= 11 is 3.62. The van der Waals surface area contributed by atoms with Crippen molar-refractivity contribution in [3.63, 3.8) is 0 Å². The van der Waals surface area contributed by atoms with Gasteiger partial charge in [-0.05, 0) is 18.9 Å². The number of alkyl halides is 1. The summed E-state index contributed by atoms with van der Waals surface area (Å²) in [6.07, 6.45) is 5.95. The van der Waals surface area contributed by atoms with Gasteiger partial charge in [0.15, 0.2) is 0 Å². The van der Waals surface area contributed by atoms with Gasteiger partial charge in [0.2, 0.25) is 5.95 Å². The maximum absolute atomic E-state index is 4.23. The lowest BCUT2D eigenvalue weighted by Gasteiger charge is -2.29. The third-order valence-corrected chi connectivity index (χ3v) is 3.18. The van der Waals surface area contributed by atoms with Crippen molar-refractivity contribution in [3.05, 3.63) is 18.5 Å². The molecule has 1 aliphatic heterocycles. The van der Waals surface area contributed by atoms with Crippen molar-refractivity contribution >= 4 is 21.9 Å². The molecule has 0 spiro atoms. The molecule has 0 aromatic carbocycles. The SMILES string of the molecule is BrC1CCN(c2ncccn2)CC1. The molecule has 1 aromatic rings. The van der Waals surface area contributed by atoms with E-state index in [0.717, 1.165) is 19.0 Å². The van der Waals surface area contributed by atoms with Gasteiger partial charge in [-0.15, -0.1) is 0 Å². The van der Waals surface area contributed by atoms with E-state index < -0.39 is 0 Å². The van der Waals surface area contributed by atoms with E-state index in [9.17, 15) is 0 Å². The second kappa shape index (κ2) is 4.05. The second-order valence-electron chi connectivity index (χ2n) is 3.21. The van der Waals surface area contributed by atoms with Gasteiger partial charge in [0.1, 0.15) is 0 Å². The summed E-state index contributed by atoms with van der Waals surface area (Å²) in [6.45, 7) is 2.11. The third kappa shape index (κ3) is 2.18. The number of piperidine rings is 1. The molecule has 2 heterocycles. The number of halogens is 1. The molecule has 3 nitrogen and oxygen atoms in total. The first-order chi connectivity index (χ1) is 6.36. The smallest absolute Gasteiger partial charge is 0.225 e. The van der Waals surface area contributed by atoms with Crippen LogP contribution in [0, 0.1) is 0 Å². The van der Waals surface area contributed by atoms with Crippen LogP contribution in [0.2, 0.25) is 0 Å². The van der Waals surface area contributed by atoms with Gasteiger partial charge in [0.25, 0.3) is 0 Å². The average molecular weight is 242 g/mol. The molecule has 1 saturated heterocycles. The maximum Gasteiger partial charge on any atom is 0.225 e. The highest BCUT2D eigenvalue weighted by Crippen LogP contribution is 2.19. The van der Waals surface area contributed by atoms with Crippen LogP contribution in [0.5, 0.6) is 0 Å². The Balaban J connectivity index is 2.03. The van der Waals surface area contributed by atoms with Gasteiger partial charge in [-0.2, -0.15) is 0 Å². The molecule has 0 unspecified atom stereocenters. The Kier molecular flexibility index (Phi) is 2.78. The largest absolute Gasteiger partial charge is 0.341 e. The fourth-order valence-electron chi connectivity index (χ4n) is 1.50. The minimum atomic E-state index is 0.674. The minimum Gasteiger partial charge on any atom is -0.341 e. The third-order valence-electron chi connectivity index (χ3n) is 2.26. The molecule has 0 saturated carbocycles. The highest BCUT2D eigenvalue weighted by molar-refractivity contribution is 9.09. The van der Waals surface area contributed by atoms with Gasteiger partial charge in [-0.3, -0.25) is 0 Å². The Morgan fingerprint density at radius 2 is 1.85 bits per heavy atom. The molecule has 13 heavy (non-hydrogen) atoms. The zero-order valence-electron chi connectivity index (χ0n) is 7.36. The summed E-state index contributed by atoms with van der Waals surface area (Å²) < 4.78 is 0. The molecule has 70 valence electrons. The van der Waals surface area contributed by atoms with Crippen LogP contribution in [0.3, 0.4) is 0 Å². The van der Waals surface area contributed by atoms with Crippen molar-refractivity contribution in [2.75, 3.05) is 18.0 Å². The quantitative estimate of drug-likeness (QED) is 0.703. The van der Waals surface area contributed by atoms with Crippen molar-refractivity contribution in [1.82, 2.24) is 9.97 Å². The van der Waals surface area contributed by atoms with Gasteiger partial charge in [0.05, 0.1) is 0 Å². The summed E-state index contributed by atoms with van der Waals surface area (Å²) in [7, 11) is 0. The van der Waals surface area contributed by atoms with Gasteiger partial charge < -0.3 is 4.90 Å². The molecule has 0 N–H and O–H groups in total. The van der Waals surface area contributed by atoms with E-state index in [1.807, 2.05) is 6.07 Å². The van der Waals surface area contributed by atoms with Crippen LogP contribution in [-0.2, 0) is 0 Å². The highest BCUT2D eigenvalue weighted by atomic mass is 79.9. The molecule has 1 aromatic heterocycles. The summed E-state index contributed by atoms with van der Waals surface area (Å²) in [5.41, 5.74) is 0. The monoisotopic (exact) mass is 241 g/mol. The molecule has 1 aliphatic rings. The number of hydrogen-bond acceptors (Lipinski definition) is 3. The Labute approximate surface area is 86.3 Å². The standard InChI is InChI=1S/C9H12BrN3/c10-8-2-6-13(7-3-8)9-11-4-1-5-12-9/h1,4-5,8H,2-3,6-7H2. The predicted molar refractivity (Wildman–Crippen MR) is 56.2 cm³/mol. The molecule has 0 bridgehead atoms. The van der Waals surface area contributed by atoms with E-state index in [1.165, 1.54) is 12.8 Å². The molecule has 1 fully saturated rings. The van der Waals surface area contributed by atoms with Crippen LogP contribution in [0.25, 0.3) is 0 Å². The Morgan fingerprint density at radius 1 is 1.23 bits per heavy atom. The van der Waals surface area contributed by atoms with Crippen LogP contribution in [0.4, 0.5) is 5.95 Å². The maximum atomic E-state index is 4.23. The van der Waals surface area contributed by atoms with Crippen molar-refractivity contribution in [2.45, 2.75) is 17.7 Å². The highest BCUT2D eigenvalue weighted by Gasteiger charge is 2.18. The number of aromatic nitrogens is 2. The van der Waals surface area contributed by atoms with Crippen LogP contribution in [0.1, 0.15) is 12.8 Å². The predicted octanol–water partition coefficient (Wildman–Crippen LogP) is 1.84. The minimum absolute atomic E-state index is 0.674. The topological polar surface area (TPSA) is 29.0 Å². The summed E-state index contributed by atoms with van der Waals surface area (Å²) in [5.74, 6) is 0.863. The first kappa shape index (κ1) is 8.94. The van der Waals surface area contributed by atoms with Crippen molar-refractivity contribution in [1.29, 1.82) is 0 Å². The lowest BCUT2D eigenvalue weighted by atomic mass is 10.1. The van der Waals surface area contributed by atoms with Crippen LogP contribution in [0.15, 0.2) is 18.5 Å². The molecule has 4 heteroatoms. The van der Waals surface area contributed by atoms with E-state index in [4.69, 9.17) is 0 Å². The fourth-order valence-corrected chi connectivity index (χ4v) is 1.91. The Morgan fingerprint density at radius 3 is 2.46 bits per heavy atom. The van der Waals surface area contributed by atoms with E-state index >= 15 is 0 Å². The lowest BCUT2D eigenvalue weighted by Crippen LogP contribution is -2.34. The first-order valence-electron chi connectivity index (χ1n) is 4.52. The number of anilines is 1. The summed E-state index contributed by atoms with van der Waals surface area (Å²) in [4.78, 5) is 11.4. The van der Waals surface area contributed by atoms with Gasteiger partial charge >= 0.3 is 0 Å². The van der Waals surface area contributed by atoms with Crippen LogP contribution < -0.4 is 4.90 Å². The van der Waals surface area contributed by atoms with Gasteiger partial charge in [-0.1, -0.05) is 15.9 Å².